The fourth-order valence-corrected chi connectivity index (χ4v) is 2.09. The van der Waals surface area contributed by atoms with Crippen molar-refractivity contribution in [1.82, 2.24) is 5.32 Å². The molecular formula is C17H17ClFNO3. The fraction of sp³-hybridized carbons (Fsp3) is 0.235. The number of carbonyl (C=O) groups excluding carboxylic acids is 1. The number of rotatable bonds is 7. The van der Waals surface area contributed by atoms with E-state index in [2.05, 4.69) is 5.32 Å². The van der Waals surface area contributed by atoms with Crippen LogP contribution in [0.5, 0.6) is 5.75 Å². The topological polar surface area (TPSA) is 58.6 Å². The molecule has 122 valence electrons. The zero-order valence-electron chi connectivity index (χ0n) is 12.3. The van der Waals surface area contributed by atoms with Gasteiger partial charge in [-0.05, 0) is 29.8 Å². The number of amides is 1. The number of halogens is 2. The van der Waals surface area contributed by atoms with Gasteiger partial charge in [0, 0.05) is 11.1 Å². The second-order valence-corrected chi connectivity index (χ2v) is 5.36. The Hall–Kier alpha value is -2.11. The average molecular weight is 338 g/mol. The first-order valence-corrected chi connectivity index (χ1v) is 7.51. The maximum Gasteiger partial charge on any atom is 0.223 e. The number of nitrogens with one attached hydrogen (secondary N) is 1. The predicted octanol–water partition coefficient (Wildman–Crippen LogP) is 3.10. The van der Waals surface area contributed by atoms with E-state index in [9.17, 15) is 14.3 Å². The Bertz CT molecular complexity index is 649. The van der Waals surface area contributed by atoms with Crippen LogP contribution in [0, 0.1) is 5.82 Å². The summed E-state index contributed by atoms with van der Waals surface area (Å²) in [5.41, 5.74) is 0.626. The van der Waals surface area contributed by atoms with Crippen LogP contribution in [0.3, 0.4) is 0 Å². The lowest BCUT2D eigenvalue weighted by Gasteiger charge is -2.12. The molecule has 1 unspecified atom stereocenters. The molecule has 2 aromatic rings. The summed E-state index contributed by atoms with van der Waals surface area (Å²) in [5.74, 6) is -0.270. The maximum absolute atomic E-state index is 12.9. The predicted molar refractivity (Wildman–Crippen MR) is 85.9 cm³/mol. The molecule has 0 radical (unpaired) electrons. The van der Waals surface area contributed by atoms with Crippen molar-refractivity contribution in [2.24, 2.45) is 0 Å². The van der Waals surface area contributed by atoms with Gasteiger partial charge in [-0.25, -0.2) is 4.39 Å². The van der Waals surface area contributed by atoms with E-state index in [1.165, 1.54) is 12.1 Å². The highest BCUT2D eigenvalue weighted by molar-refractivity contribution is 6.30. The van der Waals surface area contributed by atoms with Crippen LogP contribution in [0.2, 0.25) is 5.02 Å². The van der Waals surface area contributed by atoms with Crippen molar-refractivity contribution < 1.29 is 19.0 Å². The molecule has 0 aromatic heterocycles. The standard InChI is InChI=1S/C17H17ClFNO3/c18-13-6-4-12(5-7-13)16(21)11-17(22)20-8-9-23-15-3-1-2-14(19)10-15/h1-7,10,16,21H,8-9,11H2,(H,20,22). The van der Waals surface area contributed by atoms with Gasteiger partial charge in [-0.15, -0.1) is 0 Å². The zero-order valence-corrected chi connectivity index (χ0v) is 13.1. The molecular weight excluding hydrogens is 321 g/mol. The van der Waals surface area contributed by atoms with Crippen LogP contribution < -0.4 is 10.1 Å². The molecule has 0 aliphatic rings. The summed E-state index contributed by atoms with van der Waals surface area (Å²) in [6.07, 6.45) is -0.946. The summed E-state index contributed by atoms with van der Waals surface area (Å²) in [5, 5.41) is 13.2. The lowest BCUT2D eigenvalue weighted by molar-refractivity contribution is -0.123. The number of carbonyl (C=O) groups is 1. The van der Waals surface area contributed by atoms with Crippen LogP contribution in [0.4, 0.5) is 4.39 Å². The molecule has 2 aromatic carbocycles. The van der Waals surface area contributed by atoms with Gasteiger partial charge in [0.05, 0.1) is 19.1 Å². The zero-order chi connectivity index (χ0) is 16.7. The van der Waals surface area contributed by atoms with Crippen molar-refractivity contribution in [3.63, 3.8) is 0 Å². The van der Waals surface area contributed by atoms with Gasteiger partial charge >= 0.3 is 0 Å². The van der Waals surface area contributed by atoms with Gasteiger partial charge in [0.2, 0.25) is 5.91 Å². The van der Waals surface area contributed by atoms with Crippen LogP contribution in [-0.2, 0) is 4.79 Å². The van der Waals surface area contributed by atoms with Crippen LogP contribution in [0.15, 0.2) is 48.5 Å². The quantitative estimate of drug-likeness (QED) is 0.763. The molecule has 0 fully saturated rings. The summed E-state index contributed by atoms with van der Waals surface area (Å²) in [6, 6.07) is 12.4. The molecule has 0 spiro atoms. The minimum absolute atomic E-state index is 0.0540. The van der Waals surface area contributed by atoms with E-state index in [-0.39, 0.29) is 31.3 Å². The summed E-state index contributed by atoms with van der Waals surface area (Å²) >= 11 is 5.77. The van der Waals surface area contributed by atoms with E-state index in [0.29, 0.717) is 16.3 Å². The van der Waals surface area contributed by atoms with E-state index < -0.39 is 6.10 Å². The Kier molecular flexibility index (Phi) is 6.38. The van der Waals surface area contributed by atoms with Crippen LogP contribution in [0.25, 0.3) is 0 Å². The van der Waals surface area contributed by atoms with E-state index >= 15 is 0 Å². The number of aliphatic hydroxyl groups excluding tert-OH is 1. The number of hydrogen-bond donors (Lipinski definition) is 2. The summed E-state index contributed by atoms with van der Waals surface area (Å²) in [4.78, 5) is 11.7. The highest BCUT2D eigenvalue weighted by Gasteiger charge is 2.12. The van der Waals surface area contributed by atoms with Crippen LogP contribution in [-0.4, -0.2) is 24.2 Å². The molecule has 0 aliphatic carbocycles. The first-order chi connectivity index (χ1) is 11.0. The van der Waals surface area contributed by atoms with Gasteiger partial charge in [0.15, 0.2) is 0 Å². The number of ether oxygens (including phenoxy) is 1. The summed E-state index contributed by atoms with van der Waals surface area (Å²) in [7, 11) is 0. The number of hydrogen-bond acceptors (Lipinski definition) is 3. The van der Waals surface area contributed by atoms with Crippen LogP contribution in [0.1, 0.15) is 18.1 Å². The number of aliphatic hydroxyl groups is 1. The summed E-state index contributed by atoms with van der Waals surface area (Å²) in [6.45, 7) is 0.481. The van der Waals surface area contributed by atoms with Crippen molar-refractivity contribution >= 4 is 17.5 Å². The van der Waals surface area contributed by atoms with E-state index in [1.54, 1.807) is 36.4 Å². The van der Waals surface area contributed by atoms with Gasteiger partial charge in [-0.1, -0.05) is 29.8 Å². The van der Waals surface area contributed by atoms with Crippen LogP contribution >= 0.6 is 11.6 Å². The largest absolute Gasteiger partial charge is 0.492 e. The normalized spacial score (nSPS) is 11.8. The Balaban J connectivity index is 1.69. The molecule has 1 atom stereocenters. The maximum atomic E-state index is 12.9. The van der Waals surface area contributed by atoms with Crippen molar-refractivity contribution in [3.05, 3.63) is 64.9 Å². The van der Waals surface area contributed by atoms with E-state index in [0.717, 1.165) is 0 Å². The Morgan fingerprint density at radius 2 is 2.00 bits per heavy atom. The molecule has 4 nitrogen and oxygen atoms in total. The first kappa shape index (κ1) is 17.2. The van der Waals surface area contributed by atoms with Gasteiger partial charge < -0.3 is 15.2 Å². The monoisotopic (exact) mass is 337 g/mol. The lowest BCUT2D eigenvalue weighted by atomic mass is 10.1. The first-order valence-electron chi connectivity index (χ1n) is 7.13. The molecule has 1 amide bonds. The van der Waals surface area contributed by atoms with Gasteiger partial charge in [-0.3, -0.25) is 4.79 Å². The third-order valence-electron chi connectivity index (χ3n) is 3.12. The summed E-state index contributed by atoms with van der Waals surface area (Å²) < 4.78 is 18.3. The molecule has 0 aliphatic heterocycles. The molecule has 2 rings (SSSR count). The number of benzene rings is 2. The van der Waals surface area contributed by atoms with Crippen molar-refractivity contribution in [2.75, 3.05) is 13.2 Å². The Morgan fingerprint density at radius 3 is 2.70 bits per heavy atom. The third kappa shape index (κ3) is 5.88. The minimum Gasteiger partial charge on any atom is -0.492 e. The van der Waals surface area contributed by atoms with Gasteiger partial charge in [0.25, 0.3) is 0 Å². The molecule has 2 N–H and O–H groups in total. The SMILES string of the molecule is O=C(CC(O)c1ccc(Cl)cc1)NCCOc1cccc(F)c1. The van der Waals surface area contributed by atoms with E-state index in [1.807, 2.05) is 0 Å². The lowest BCUT2D eigenvalue weighted by Crippen LogP contribution is -2.29. The minimum atomic E-state index is -0.892. The Labute approximate surface area is 138 Å². The highest BCUT2D eigenvalue weighted by atomic mass is 35.5. The molecule has 23 heavy (non-hydrogen) atoms. The second kappa shape index (κ2) is 8.50. The molecule has 6 heteroatoms. The molecule has 0 saturated heterocycles. The molecule has 0 saturated carbocycles. The molecule has 0 bridgehead atoms. The van der Waals surface area contributed by atoms with E-state index in [4.69, 9.17) is 16.3 Å². The van der Waals surface area contributed by atoms with Crippen molar-refractivity contribution in [3.8, 4) is 5.75 Å². The average Bonchev–Trinajstić information content (AvgIpc) is 2.52. The highest BCUT2D eigenvalue weighted by Crippen LogP contribution is 2.19. The Morgan fingerprint density at radius 1 is 1.26 bits per heavy atom. The van der Waals surface area contributed by atoms with Gasteiger partial charge in [-0.2, -0.15) is 0 Å². The van der Waals surface area contributed by atoms with Crippen molar-refractivity contribution in [1.29, 1.82) is 0 Å². The third-order valence-corrected chi connectivity index (χ3v) is 3.37. The fourth-order valence-electron chi connectivity index (χ4n) is 1.97. The molecule has 0 heterocycles. The van der Waals surface area contributed by atoms with Crippen molar-refractivity contribution in [2.45, 2.75) is 12.5 Å². The second-order valence-electron chi connectivity index (χ2n) is 4.93. The van der Waals surface area contributed by atoms with Gasteiger partial charge in [0.1, 0.15) is 18.2 Å². The smallest absolute Gasteiger partial charge is 0.223 e.